The zero-order valence-electron chi connectivity index (χ0n) is 10.6. The van der Waals surface area contributed by atoms with E-state index in [0.29, 0.717) is 5.75 Å². The van der Waals surface area contributed by atoms with Gasteiger partial charge in [0.25, 0.3) is 0 Å². The normalized spacial score (nSPS) is 10.6. The van der Waals surface area contributed by atoms with Gasteiger partial charge in [-0.2, -0.15) is 0 Å². The Morgan fingerprint density at radius 1 is 0.889 bits per heavy atom. The number of benzene rings is 2. The van der Waals surface area contributed by atoms with E-state index in [-0.39, 0.29) is 5.41 Å². The van der Waals surface area contributed by atoms with Crippen LogP contribution in [0, 0.1) is 11.8 Å². The lowest BCUT2D eigenvalue weighted by molar-refractivity contribution is 0.457. The third-order valence-corrected chi connectivity index (χ3v) is 2.87. The minimum absolute atomic E-state index is 0.296. The Balaban J connectivity index is 2.34. The molecule has 0 amide bonds. The summed E-state index contributed by atoms with van der Waals surface area (Å²) in [5, 5.41) is 9.88. The maximum atomic E-state index is 9.88. The van der Waals surface area contributed by atoms with Gasteiger partial charge in [-0.15, -0.1) is 0 Å². The number of hydrogen-bond acceptors (Lipinski definition) is 1. The molecule has 0 atom stereocenters. The van der Waals surface area contributed by atoms with Crippen LogP contribution in [0.3, 0.4) is 0 Å². The van der Waals surface area contributed by atoms with E-state index < -0.39 is 0 Å². The average molecular weight is 236 g/mol. The van der Waals surface area contributed by atoms with Crippen LogP contribution in [0.15, 0.2) is 54.6 Å². The third-order valence-electron chi connectivity index (χ3n) is 2.87. The summed E-state index contributed by atoms with van der Waals surface area (Å²) in [7, 11) is 0. The Bertz CT molecular complexity index is 586. The van der Waals surface area contributed by atoms with Crippen LogP contribution in [0.25, 0.3) is 0 Å². The van der Waals surface area contributed by atoms with Gasteiger partial charge in [-0.25, -0.2) is 0 Å². The molecular formula is C17H16O. The fraction of sp³-hybridized carbons (Fsp3) is 0.176. The van der Waals surface area contributed by atoms with E-state index in [2.05, 4.69) is 11.8 Å². The summed E-state index contributed by atoms with van der Waals surface area (Å²) in [6.45, 7) is 4.02. The smallest absolute Gasteiger partial charge is 0.120 e. The quantitative estimate of drug-likeness (QED) is 0.748. The van der Waals surface area contributed by atoms with Crippen LogP contribution in [0.2, 0.25) is 0 Å². The molecule has 0 aromatic heterocycles. The molecule has 0 saturated carbocycles. The molecule has 0 aliphatic rings. The first-order valence-corrected chi connectivity index (χ1v) is 5.96. The van der Waals surface area contributed by atoms with Gasteiger partial charge in [0.1, 0.15) is 5.75 Å². The van der Waals surface area contributed by atoms with Gasteiger partial charge >= 0.3 is 0 Å². The highest BCUT2D eigenvalue weighted by atomic mass is 16.3. The Morgan fingerprint density at radius 3 is 2.17 bits per heavy atom. The molecule has 2 rings (SSSR count). The van der Waals surface area contributed by atoms with Crippen LogP contribution in [0.1, 0.15) is 25.0 Å². The molecule has 0 fully saturated rings. The molecule has 0 saturated heterocycles. The maximum absolute atomic E-state index is 9.88. The summed E-state index contributed by atoms with van der Waals surface area (Å²) in [4.78, 5) is 0. The van der Waals surface area contributed by atoms with Crippen LogP contribution < -0.4 is 0 Å². The van der Waals surface area contributed by atoms with Gasteiger partial charge < -0.3 is 5.11 Å². The Hall–Kier alpha value is -2.20. The third kappa shape index (κ3) is 2.73. The predicted octanol–water partition coefficient (Wildman–Crippen LogP) is 3.72. The van der Waals surface area contributed by atoms with Crippen LogP contribution in [0.5, 0.6) is 5.75 Å². The van der Waals surface area contributed by atoms with Crippen molar-refractivity contribution in [2.75, 3.05) is 0 Å². The fourth-order valence-corrected chi connectivity index (χ4v) is 1.82. The van der Waals surface area contributed by atoms with Crippen LogP contribution >= 0.6 is 0 Å². The van der Waals surface area contributed by atoms with Gasteiger partial charge in [-0.1, -0.05) is 48.2 Å². The van der Waals surface area contributed by atoms with Crippen molar-refractivity contribution in [1.82, 2.24) is 0 Å². The first-order chi connectivity index (χ1) is 8.59. The number of phenols is 1. The first-order valence-electron chi connectivity index (χ1n) is 5.96. The Labute approximate surface area is 108 Å². The van der Waals surface area contributed by atoms with Crippen LogP contribution in [-0.2, 0) is 5.41 Å². The lowest BCUT2D eigenvalue weighted by Crippen LogP contribution is -2.14. The molecule has 1 nitrogen and oxygen atoms in total. The second kappa shape index (κ2) is 4.98. The van der Waals surface area contributed by atoms with Gasteiger partial charge in [0.05, 0.1) is 5.41 Å². The topological polar surface area (TPSA) is 20.2 Å². The van der Waals surface area contributed by atoms with E-state index in [1.807, 2.05) is 62.4 Å². The van der Waals surface area contributed by atoms with Gasteiger partial charge in [0.15, 0.2) is 0 Å². The van der Waals surface area contributed by atoms with Crippen LogP contribution in [0.4, 0.5) is 0 Å². The van der Waals surface area contributed by atoms with Crippen molar-refractivity contribution >= 4 is 0 Å². The summed E-state index contributed by atoms with van der Waals surface area (Å²) < 4.78 is 0. The summed E-state index contributed by atoms with van der Waals surface area (Å²) >= 11 is 0. The highest BCUT2D eigenvalue weighted by Crippen LogP contribution is 2.29. The molecule has 0 aliphatic carbocycles. The molecule has 90 valence electrons. The molecule has 0 spiro atoms. The molecule has 2 aromatic rings. The molecule has 0 unspecified atom stereocenters. The number of phenolic OH excluding ortho intramolecular Hbond substituents is 1. The number of rotatable bonds is 1. The second-order valence-electron chi connectivity index (χ2n) is 4.76. The molecule has 1 heteroatoms. The van der Waals surface area contributed by atoms with Gasteiger partial charge in [0, 0.05) is 11.1 Å². The van der Waals surface area contributed by atoms with E-state index in [0.717, 1.165) is 11.1 Å². The van der Waals surface area contributed by atoms with Crippen molar-refractivity contribution in [3.8, 4) is 17.6 Å². The SMILES string of the molecule is CC(C)(C#Cc1ccccc1)c1ccccc1O. The largest absolute Gasteiger partial charge is 0.508 e. The number of hydrogen-bond donors (Lipinski definition) is 1. The Kier molecular flexibility index (Phi) is 3.39. The zero-order chi connectivity index (χ0) is 13.0. The van der Waals surface area contributed by atoms with Crippen molar-refractivity contribution in [2.24, 2.45) is 0 Å². The average Bonchev–Trinajstić information content (AvgIpc) is 2.38. The predicted molar refractivity (Wildman–Crippen MR) is 74.5 cm³/mol. The second-order valence-corrected chi connectivity index (χ2v) is 4.76. The maximum Gasteiger partial charge on any atom is 0.120 e. The van der Waals surface area contributed by atoms with Gasteiger partial charge in [-0.3, -0.25) is 0 Å². The van der Waals surface area contributed by atoms with E-state index in [1.54, 1.807) is 6.07 Å². The lowest BCUT2D eigenvalue weighted by Gasteiger charge is -2.19. The first kappa shape index (κ1) is 12.3. The van der Waals surface area contributed by atoms with Gasteiger partial charge in [-0.05, 0) is 32.0 Å². The van der Waals surface area contributed by atoms with Crippen LogP contribution in [-0.4, -0.2) is 5.11 Å². The molecule has 18 heavy (non-hydrogen) atoms. The zero-order valence-corrected chi connectivity index (χ0v) is 10.6. The van der Waals surface area contributed by atoms with E-state index in [4.69, 9.17) is 0 Å². The number of para-hydroxylation sites is 1. The molecule has 0 aliphatic heterocycles. The lowest BCUT2D eigenvalue weighted by atomic mass is 9.84. The van der Waals surface area contributed by atoms with E-state index >= 15 is 0 Å². The van der Waals surface area contributed by atoms with Crippen molar-refractivity contribution in [3.63, 3.8) is 0 Å². The minimum Gasteiger partial charge on any atom is -0.508 e. The summed E-state index contributed by atoms with van der Waals surface area (Å²) in [6.07, 6.45) is 0. The highest BCUT2D eigenvalue weighted by Gasteiger charge is 2.20. The molecule has 1 N–H and O–H groups in total. The number of aromatic hydroxyl groups is 1. The summed E-state index contributed by atoms with van der Waals surface area (Å²) in [5.74, 6) is 6.67. The standard InChI is InChI=1S/C17H16O/c1-17(2,15-10-6-7-11-16(15)18)13-12-14-8-4-3-5-9-14/h3-11,18H,1-2H3. The molecule has 2 aromatic carbocycles. The van der Waals surface area contributed by atoms with E-state index in [1.165, 1.54) is 0 Å². The van der Waals surface area contributed by atoms with Crippen molar-refractivity contribution in [3.05, 3.63) is 65.7 Å². The molecular weight excluding hydrogens is 220 g/mol. The summed E-state index contributed by atoms with van der Waals surface area (Å²) in [6, 6.07) is 17.2. The molecule has 0 bridgehead atoms. The minimum atomic E-state index is -0.374. The molecule has 0 radical (unpaired) electrons. The van der Waals surface area contributed by atoms with Crippen molar-refractivity contribution < 1.29 is 5.11 Å². The van der Waals surface area contributed by atoms with Crippen molar-refractivity contribution in [2.45, 2.75) is 19.3 Å². The monoisotopic (exact) mass is 236 g/mol. The van der Waals surface area contributed by atoms with E-state index in [9.17, 15) is 5.11 Å². The Morgan fingerprint density at radius 2 is 1.50 bits per heavy atom. The highest BCUT2D eigenvalue weighted by molar-refractivity contribution is 5.45. The van der Waals surface area contributed by atoms with Crippen molar-refractivity contribution in [1.29, 1.82) is 0 Å². The van der Waals surface area contributed by atoms with Gasteiger partial charge in [0.2, 0.25) is 0 Å². The summed E-state index contributed by atoms with van der Waals surface area (Å²) in [5.41, 5.74) is 1.47. The molecule has 0 heterocycles. The fourth-order valence-electron chi connectivity index (χ4n) is 1.82.